The smallest absolute Gasteiger partial charge is 0.123 e. The average Bonchev–Trinajstić information content (AvgIpc) is 2.33. The summed E-state index contributed by atoms with van der Waals surface area (Å²) in [5, 5.41) is 19.7. The zero-order valence-electron chi connectivity index (χ0n) is 9.77. The molecular weight excluding hydrogens is 216 g/mol. The molecule has 0 amide bonds. The lowest BCUT2D eigenvalue weighted by Gasteiger charge is -2.10. The Balaban J connectivity index is 2.62. The van der Waals surface area contributed by atoms with Crippen molar-refractivity contribution in [1.82, 2.24) is 0 Å². The van der Waals surface area contributed by atoms with Crippen LogP contribution < -0.4 is 4.74 Å². The van der Waals surface area contributed by atoms with E-state index in [-0.39, 0.29) is 11.5 Å². The van der Waals surface area contributed by atoms with Crippen LogP contribution in [0.3, 0.4) is 0 Å². The van der Waals surface area contributed by atoms with Crippen molar-refractivity contribution in [3.05, 3.63) is 42.0 Å². The van der Waals surface area contributed by atoms with E-state index in [1.165, 1.54) is 0 Å². The number of aryl methyl sites for hydroxylation is 1. The van der Waals surface area contributed by atoms with Gasteiger partial charge < -0.3 is 14.9 Å². The molecule has 3 heteroatoms. The zero-order valence-corrected chi connectivity index (χ0v) is 9.77. The molecule has 0 fully saturated rings. The van der Waals surface area contributed by atoms with Crippen molar-refractivity contribution in [2.75, 3.05) is 7.11 Å². The van der Waals surface area contributed by atoms with Gasteiger partial charge in [0.25, 0.3) is 0 Å². The molecule has 0 saturated heterocycles. The minimum Gasteiger partial charge on any atom is -0.507 e. The van der Waals surface area contributed by atoms with Crippen LogP contribution in [-0.2, 0) is 0 Å². The summed E-state index contributed by atoms with van der Waals surface area (Å²) in [7, 11) is 1.56. The molecule has 0 bridgehead atoms. The fourth-order valence-corrected chi connectivity index (χ4v) is 1.72. The highest BCUT2D eigenvalue weighted by Crippen LogP contribution is 2.37. The summed E-state index contributed by atoms with van der Waals surface area (Å²) < 4.78 is 5.11. The summed E-state index contributed by atoms with van der Waals surface area (Å²) in [4.78, 5) is 0. The van der Waals surface area contributed by atoms with Crippen LogP contribution in [0.1, 0.15) is 5.56 Å². The van der Waals surface area contributed by atoms with Gasteiger partial charge in [-0.2, -0.15) is 0 Å². The summed E-state index contributed by atoms with van der Waals surface area (Å²) in [5.41, 5.74) is 2.17. The third-order valence-corrected chi connectivity index (χ3v) is 2.65. The number of phenolic OH excluding ortho intramolecular Hbond substituents is 2. The number of hydrogen-bond donors (Lipinski definition) is 2. The van der Waals surface area contributed by atoms with E-state index < -0.39 is 0 Å². The van der Waals surface area contributed by atoms with Crippen molar-refractivity contribution in [3.8, 4) is 28.4 Å². The van der Waals surface area contributed by atoms with E-state index >= 15 is 0 Å². The molecule has 2 rings (SSSR count). The van der Waals surface area contributed by atoms with E-state index in [4.69, 9.17) is 4.74 Å². The fraction of sp³-hybridized carbons (Fsp3) is 0.143. The molecule has 0 saturated carbocycles. The minimum atomic E-state index is 0.117. The van der Waals surface area contributed by atoms with Crippen LogP contribution in [0.15, 0.2) is 36.4 Å². The third kappa shape index (κ3) is 2.18. The Kier molecular flexibility index (Phi) is 2.91. The third-order valence-electron chi connectivity index (χ3n) is 2.65. The van der Waals surface area contributed by atoms with E-state index in [1.807, 2.05) is 19.1 Å². The number of methoxy groups -OCH3 is 1. The van der Waals surface area contributed by atoms with E-state index in [0.717, 1.165) is 5.56 Å². The van der Waals surface area contributed by atoms with E-state index in [9.17, 15) is 10.2 Å². The number of rotatable bonds is 2. The van der Waals surface area contributed by atoms with Gasteiger partial charge in [0.05, 0.1) is 7.11 Å². The average molecular weight is 230 g/mol. The summed E-state index contributed by atoms with van der Waals surface area (Å²) in [6.07, 6.45) is 0. The molecule has 0 aliphatic heterocycles. The first-order valence-corrected chi connectivity index (χ1v) is 5.29. The minimum absolute atomic E-state index is 0.117. The number of ether oxygens (including phenoxy) is 1. The summed E-state index contributed by atoms with van der Waals surface area (Å²) in [6, 6.07) is 10.2. The maximum absolute atomic E-state index is 9.83. The lowest BCUT2D eigenvalue weighted by molar-refractivity contribution is 0.412. The van der Waals surface area contributed by atoms with Crippen LogP contribution in [0, 0.1) is 6.92 Å². The molecule has 3 nitrogen and oxygen atoms in total. The summed E-state index contributed by atoms with van der Waals surface area (Å²) in [5.74, 6) is 0.893. The van der Waals surface area contributed by atoms with Crippen LogP contribution >= 0.6 is 0 Å². The molecule has 0 spiro atoms. The Morgan fingerprint density at radius 1 is 0.882 bits per heavy atom. The van der Waals surface area contributed by atoms with Crippen LogP contribution in [0.25, 0.3) is 11.1 Å². The van der Waals surface area contributed by atoms with Crippen LogP contribution in [0.5, 0.6) is 17.2 Å². The molecule has 0 aromatic heterocycles. The van der Waals surface area contributed by atoms with Gasteiger partial charge in [0.1, 0.15) is 17.2 Å². The highest BCUT2D eigenvalue weighted by atomic mass is 16.5. The van der Waals surface area contributed by atoms with Gasteiger partial charge in [-0.15, -0.1) is 0 Å². The second kappa shape index (κ2) is 4.37. The second-order valence-corrected chi connectivity index (χ2v) is 3.90. The van der Waals surface area contributed by atoms with Crippen molar-refractivity contribution < 1.29 is 14.9 Å². The quantitative estimate of drug-likeness (QED) is 0.833. The Bertz CT molecular complexity index is 547. The molecule has 0 heterocycles. The zero-order chi connectivity index (χ0) is 12.4. The van der Waals surface area contributed by atoms with Gasteiger partial charge >= 0.3 is 0 Å². The second-order valence-electron chi connectivity index (χ2n) is 3.90. The van der Waals surface area contributed by atoms with Gasteiger partial charge in [-0.05, 0) is 37.3 Å². The van der Waals surface area contributed by atoms with Crippen LogP contribution in [0.2, 0.25) is 0 Å². The van der Waals surface area contributed by atoms with Crippen molar-refractivity contribution in [1.29, 1.82) is 0 Å². The molecule has 0 aliphatic rings. The monoisotopic (exact) mass is 230 g/mol. The first-order valence-electron chi connectivity index (χ1n) is 5.29. The number of aromatic hydroxyl groups is 2. The van der Waals surface area contributed by atoms with Crippen molar-refractivity contribution >= 4 is 0 Å². The largest absolute Gasteiger partial charge is 0.507 e. The van der Waals surface area contributed by atoms with Gasteiger partial charge in [0.2, 0.25) is 0 Å². The Labute approximate surface area is 99.9 Å². The van der Waals surface area contributed by atoms with Gasteiger partial charge in [0, 0.05) is 11.1 Å². The SMILES string of the molecule is COc1ccc(O)c(-c2cc(C)ccc2O)c1. The normalized spacial score (nSPS) is 10.2. The molecule has 17 heavy (non-hydrogen) atoms. The Hall–Kier alpha value is -2.16. The fourth-order valence-electron chi connectivity index (χ4n) is 1.72. The van der Waals surface area contributed by atoms with Crippen molar-refractivity contribution in [3.63, 3.8) is 0 Å². The molecule has 88 valence electrons. The summed E-state index contributed by atoms with van der Waals surface area (Å²) in [6.45, 7) is 1.93. The van der Waals surface area contributed by atoms with Crippen molar-refractivity contribution in [2.24, 2.45) is 0 Å². The number of hydrogen-bond acceptors (Lipinski definition) is 3. The topological polar surface area (TPSA) is 49.7 Å². The predicted octanol–water partition coefficient (Wildman–Crippen LogP) is 3.08. The molecule has 2 aromatic rings. The first-order chi connectivity index (χ1) is 8.11. The van der Waals surface area contributed by atoms with E-state index in [1.54, 1.807) is 31.4 Å². The Morgan fingerprint density at radius 2 is 1.47 bits per heavy atom. The Morgan fingerprint density at radius 3 is 2.12 bits per heavy atom. The van der Waals surface area contributed by atoms with Gasteiger partial charge in [-0.1, -0.05) is 11.6 Å². The van der Waals surface area contributed by atoms with Crippen LogP contribution in [0.4, 0.5) is 0 Å². The highest BCUT2D eigenvalue weighted by molar-refractivity contribution is 5.76. The standard InChI is InChI=1S/C14H14O3/c1-9-3-5-13(15)11(7-9)12-8-10(17-2)4-6-14(12)16/h3-8,15-16H,1-2H3. The highest BCUT2D eigenvalue weighted by Gasteiger charge is 2.10. The first kappa shape index (κ1) is 11.3. The maximum atomic E-state index is 9.83. The molecule has 0 radical (unpaired) electrons. The van der Waals surface area contributed by atoms with E-state index in [0.29, 0.717) is 16.9 Å². The van der Waals surface area contributed by atoms with Gasteiger partial charge in [-0.25, -0.2) is 0 Å². The van der Waals surface area contributed by atoms with Crippen molar-refractivity contribution in [2.45, 2.75) is 6.92 Å². The van der Waals surface area contributed by atoms with Gasteiger partial charge in [0.15, 0.2) is 0 Å². The molecular formula is C14H14O3. The number of phenols is 2. The van der Waals surface area contributed by atoms with E-state index in [2.05, 4.69) is 0 Å². The van der Waals surface area contributed by atoms with Gasteiger partial charge in [-0.3, -0.25) is 0 Å². The summed E-state index contributed by atoms with van der Waals surface area (Å²) >= 11 is 0. The maximum Gasteiger partial charge on any atom is 0.123 e. The molecule has 2 aromatic carbocycles. The lowest BCUT2D eigenvalue weighted by atomic mass is 10.0. The lowest BCUT2D eigenvalue weighted by Crippen LogP contribution is -1.86. The van der Waals surface area contributed by atoms with Crippen LogP contribution in [-0.4, -0.2) is 17.3 Å². The molecule has 2 N–H and O–H groups in total. The molecule has 0 atom stereocenters. The predicted molar refractivity (Wildman–Crippen MR) is 66.5 cm³/mol. The number of benzene rings is 2. The molecule has 0 aliphatic carbocycles. The molecule has 0 unspecified atom stereocenters.